The summed E-state index contributed by atoms with van der Waals surface area (Å²) >= 11 is 3.41. The van der Waals surface area contributed by atoms with Crippen molar-refractivity contribution in [3.05, 3.63) is 111 Å². The molecule has 5 heteroatoms. The summed E-state index contributed by atoms with van der Waals surface area (Å²) in [4.78, 5) is 12.8. The highest BCUT2D eigenvalue weighted by Gasteiger charge is 2.12. The Labute approximate surface area is 186 Å². The van der Waals surface area contributed by atoms with E-state index in [1.807, 2.05) is 36.4 Å². The summed E-state index contributed by atoms with van der Waals surface area (Å²) in [6, 6.07) is 26.9. The molecule has 0 unspecified atom stereocenters. The van der Waals surface area contributed by atoms with Gasteiger partial charge in [-0.25, -0.2) is 0 Å². The van der Waals surface area contributed by atoms with E-state index in [-0.39, 0.29) is 11.2 Å². The van der Waals surface area contributed by atoms with Gasteiger partial charge in [0.1, 0.15) is 30.0 Å². The molecule has 0 aliphatic carbocycles. The van der Waals surface area contributed by atoms with Crippen LogP contribution in [0.4, 0.5) is 0 Å². The summed E-state index contributed by atoms with van der Waals surface area (Å²) in [7, 11) is 0. The average Bonchev–Trinajstić information content (AvgIpc) is 2.81. The Balaban J connectivity index is 1.40. The second kappa shape index (κ2) is 8.28. The van der Waals surface area contributed by atoms with Crippen LogP contribution in [-0.2, 0) is 6.61 Å². The van der Waals surface area contributed by atoms with Gasteiger partial charge in [-0.3, -0.25) is 4.79 Å². The molecule has 0 aliphatic rings. The normalized spacial score (nSPS) is 11.0. The van der Waals surface area contributed by atoms with E-state index in [1.54, 1.807) is 24.3 Å². The van der Waals surface area contributed by atoms with Crippen LogP contribution >= 0.6 is 15.9 Å². The van der Waals surface area contributed by atoms with Gasteiger partial charge in [-0.2, -0.15) is 0 Å². The molecule has 0 saturated heterocycles. The van der Waals surface area contributed by atoms with Crippen molar-refractivity contribution in [2.45, 2.75) is 6.61 Å². The molecule has 0 N–H and O–H groups in total. The van der Waals surface area contributed by atoms with Crippen molar-refractivity contribution < 1.29 is 13.9 Å². The van der Waals surface area contributed by atoms with Crippen LogP contribution in [0.5, 0.6) is 17.2 Å². The molecule has 0 saturated carbocycles. The average molecular weight is 473 g/mol. The van der Waals surface area contributed by atoms with Crippen LogP contribution < -0.4 is 14.9 Å². The Morgan fingerprint density at radius 1 is 0.806 bits per heavy atom. The molecule has 0 atom stereocenters. The van der Waals surface area contributed by atoms with Crippen LogP contribution in [-0.4, -0.2) is 0 Å². The number of rotatable bonds is 5. The fourth-order valence-electron chi connectivity index (χ4n) is 3.48. The lowest BCUT2D eigenvalue weighted by Gasteiger charge is -2.10. The number of benzene rings is 4. The zero-order valence-electron chi connectivity index (χ0n) is 16.4. The van der Waals surface area contributed by atoms with Crippen molar-refractivity contribution in [2.24, 2.45) is 0 Å². The van der Waals surface area contributed by atoms with Crippen molar-refractivity contribution in [3.8, 4) is 17.2 Å². The molecule has 1 heterocycles. The predicted molar refractivity (Wildman–Crippen MR) is 125 cm³/mol. The summed E-state index contributed by atoms with van der Waals surface area (Å²) in [5.41, 5.74) is 1.30. The Morgan fingerprint density at radius 2 is 1.61 bits per heavy atom. The summed E-state index contributed by atoms with van der Waals surface area (Å²) in [6.07, 6.45) is 1.33. The molecule has 4 nitrogen and oxygen atoms in total. The van der Waals surface area contributed by atoms with Crippen molar-refractivity contribution >= 4 is 37.7 Å². The summed E-state index contributed by atoms with van der Waals surface area (Å²) in [5, 5.41) is 2.76. The zero-order valence-corrected chi connectivity index (χ0v) is 18.0. The van der Waals surface area contributed by atoms with Crippen molar-refractivity contribution in [3.63, 3.8) is 0 Å². The van der Waals surface area contributed by atoms with E-state index < -0.39 is 0 Å². The second-order valence-corrected chi connectivity index (χ2v) is 7.90. The van der Waals surface area contributed by atoms with E-state index in [4.69, 9.17) is 13.9 Å². The van der Waals surface area contributed by atoms with Gasteiger partial charge in [-0.05, 0) is 56.5 Å². The summed E-state index contributed by atoms with van der Waals surface area (Å²) in [6.45, 7) is 0.417. The molecule has 152 valence electrons. The number of halogens is 1. The number of para-hydroxylation sites is 1. The van der Waals surface area contributed by atoms with Gasteiger partial charge in [0.2, 0.25) is 11.2 Å². The highest BCUT2D eigenvalue weighted by molar-refractivity contribution is 9.10. The third kappa shape index (κ3) is 3.92. The largest absolute Gasteiger partial charge is 0.489 e. The van der Waals surface area contributed by atoms with Gasteiger partial charge in [0.15, 0.2) is 0 Å². The van der Waals surface area contributed by atoms with Crippen molar-refractivity contribution in [1.82, 2.24) is 0 Å². The first-order chi connectivity index (χ1) is 15.2. The minimum absolute atomic E-state index is 0.129. The molecule has 5 rings (SSSR count). The predicted octanol–water partition coefficient (Wildman–Crippen LogP) is 7.08. The molecule has 1 aromatic heterocycles. The first-order valence-corrected chi connectivity index (χ1v) is 10.6. The van der Waals surface area contributed by atoms with E-state index in [0.29, 0.717) is 29.1 Å². The standard InChI is InChI=1S/C26H17BrO4/c27-22-10-3-4-11-23(22)31-25-16-30-24-14-19(12-13-21(24)26(25)28)29-15-18-8-5-7-17-6-1-2-9-20(17)18/h1-14,16H,15H2. The van der Waals surface area contributed by atoms with Gasteiger partial charge in [0, 0.05) is 6.07 Å². The van der Waals surface area contributed by atoms with Crippen LogP contribution in [0.1, 0.15) is 5.56 Å². The maximum Gasteiger partial charge on any atom is 0.235 e. The van der Waals surface area contributed by atoms with E-state index in [9.17, 15) is 4.79 Å². The fourth-order valence-corrected chi connectivity index (χ4v) is 3.84. The van der Waals surface area contributed by atoms with Crippen LogP contribution in [0.25, 0.3) is 21.7 Å². The lowest BCUT2D eigenvalue weighted by Crippen LogP contribution is -2.05. The Morgan fingerprint density at radius 3 is 2.52 bits per heavy atom. The second-order valence-electron chi connectivity index (χ2n) is 7.05. The number of hydrogen-bond donors (Lipinski definition) is 0. The highest BCUT2D eigenvalue weighted by Crippen LogP contribution is 2.29. The lowest BCUT2D eigenvalue weighted by atomic mass is 10.1. The van der Waals surface area contributed by atoms with Crippen molar-refractivity contribution in [1.29, 1.82) is 0 Å². The monoisotopic (exact) mass is 472 g/mol. The Kier molecular flexibility index (Phi) is 5.18. The highest BCUT2D eigenvalue weighted by atomic mass is 79.9. The summed E-state index contributed by atoms with van der Waals surface area (Å²) < 4.78 is 18.2. The van der Waals surface area contributed by atoms with Crippen molar-refractivity contribution in [2.75, 3.05) is 0 Å². The Bertz CT molecular complexity index is 1450. The lowest BCUT2D eigenvalue weighted by molar-refractivity contribution is 0.307. The zero-order chi connectivity index (χ0) is 21.2. The molecule has 0 amide bonds. The smallest absolute Gasteiger partial charge is 0.235 e. The minimum Gasteiger partial charge on any atom is -0.489 e. The van der Waals surface area contributed by atoms with Crippen LogP contribution in [0.3, 0.4) is 0 Å². The quantitative estimate of drug-likeness (QED) is 0.274. The van der Waals surface area contributed by atoms with Gasteiger partial charge in [0.05, 0.1) is 9.86 Å². The molecule has 0 radical (unpaired) electrons. The van der Waals surface area contributed by atoms with Gasteiger partial charge < -0.3 is 13.9 Å². The maximum absolute atomic E-state index is 12.8. The summed E-state index contributed by atoms with van der Waals surface area (Å²) in [5.74, 6) is 1.30. The van der Waals surface area contributed by atoms with Crippen LogP contribution in [0.15, 0.2) is 105 Å². The van der Waals surface area contributed by atoms with Gasteiger partial charge in [-0.15, -0.1) is 0 Å². The van der Waals surface area contributed by atoms with Gasteiger partial charge in [0.25, 0.3) is 0 Å². The first kappa shape index (κ1) is 19.4. The molecule has 0 bridgehead atoms. The SMILES string of the molecule is O=c1c(Oc2ccccc2Br)coc2cc(OCc3cccc4ccccc34)ccc12. The van der Waals surface area contributed by atoms with Crippen LogP contribution in [0, 0.1) is 0 Å². The fraction of sp³-hybridized carbons (Fsp3) is 0.0385. The minimum atomic E-state index is -0.238. The molecule has 5 aromatic rings. The first-order valence-electron chi connectivity index (χ1n) is 9.76. The van der Waals surface area contributed by atoms with E-state index in [0.717, 1.165) is 15.4 Å². The molecule has 0 spiro atoms. The third-order valence-electron chi connectivity index (χ3n) is 5.05. The maximum atomic E-state index is 12.8. The van der Waals surface area contributed by atoms with E-state index in [1.165, 1.54) is 11.6 Å². The molecule has 31 heavy (non-hydrogen) atoms. The molecule has 0 fully saturated rings. The topological polar surface area (TPSA) is 48.7 Å². The number of fused-ring (bicyclic) bond motifs is 2. The molecule has 0 aliphatic heterocycles. The van der Waals surface area contributed by atoms with Gasteiger partial charge in [-0.1, -0.05) is 54.6 Å². The van der Waals surface area contributed by atoms with E-state index >= 15 is 0 Å². The molecular formula is C26H17BrO4. The molecule has 4 aromatic carbocycles. The van der Waals surface area contributed by atoms with Gasteiger partial charge >= 0.3 is 0 Å². The third-order valence-corrected chi connectivity index (χ3v) is 5.70. The Hall–Kier alpha value is -3.57. The van der Waals surface area contributed by atoms with Crippen LogP contribution in [0.2, 0.25) is 0 Å². The number of ether oxygens (including phenoxy) is 2. The number of hydrogen-bond acceptors (Lipinski definition) is 4. The van der Waals surface area contributed by atoms with E-state index in [2.05, 4.69) is 40.2 Å². The molecular weight excluding hydrogens is 456 g/mol.